The number of hydrogen-bond donors (Lipinski definition) is 1. The van der Waals surface area contributed by atoms with Crippen molar-refractivity contribution in [3.05, 3.63) is 39.3 Å². The van der Waals surface area contributed by atoms with Gasteiger partial charge in [-0.15, -0.1) is 11.3 Å². The van der Waals surface area contributed by atoms with Crippen LogP contribution in [0.5, 0.6) is 11.5 Å². The van der Waals surface area contributed by atoms with Gasteiger partial charge in [-0.1, -0.05) is 11.6 Å². The Morgan fingerprint density at radius 3 is 2.64 bits per heavy atom. The minimum atomic E-state index is -0.298. The third-order valence-electron chi connectivity index (χ3n) is 2.77. The Bertz CT molecular complexity index is 713. The molecule has 2 aromatic rings. The Hall–Kier alpha value is -2.05. The van der Waals surface area contributed by atoms with Crippen LogP contribution in [0.2, 0.25) is 5.02 Å². The van der Waals surface area contributed by atoms with Crippen LogP contribution in [0.1, 0.15) is 10.7 Å². The summed E-state index contributed by atoms with van der Waals surface area (Å²) in [6, 6.07) is 3.20. The minimum absolute atomic E-state index is 0.298. The standard InChI is InChI=1S/C15H15ClN2O3S/c1-9-17-10(8-22-9)4-5-15(19)18-12-7-13(20-2)11(16)6-14(12)21-3/h4-8H,1-3H3,(H,18,19). The highest BCUT2D eigenvalue weighted by atomic mass is 35.5. The second-order valence-electron chi connectivity index (χ2n) is 4.30. The van der Waals surface area contributed by atoms with Gasteiger partial charge >= 0.3 is 0 Å². The summed E-state index contributed by atoms with van der Waals surface area (Å²) in [6.45, 7) is 1.91. The Morgan fingerprint density at radius 1 is 1.32 bits per heavy atom. The summed E-state index contributed by atoms with van der Waals surface area (Å²) in [4.78, 5) is 16.2. The second kappa shape index (κ2) is 7.29. The summed E-state index contributed by atoms with van der Waals surface area (Å²) in [7, 11) is 3.01. The Labute approximate surface area is 137 Å². The average Bonchev–Trinajstić information content (AvgIpc) is 2.92. The van der Waals surface area contributed by atoms with Gasteiger partial charge in [-0.05, 0) is 13.0 Å². The topological polar surface area (TPSA) is 60.5 Å². The fraction of sp³-hybridized carbons (Fsp3) is 0.200. The van der Waals surface area contributed by atoms with Crippen molar-refractivity contribution in [3.8, 4) is 11.5 Å². The molecule has 0 aliphatic heterocycles. The maximum atomic E-state index is 12.0. The van der Waals surface area contributed by atoms with Gasteiger partial charge in [0.05, 0.1) is 35.6 Å². The maximum absolute atomic E-state index is 12.0. The molecule has 0 radical (unpaired) electrons. The van der Waals surface area contributed by atoms with Gasteiger partial charge in [0.15, 0.2) is 0 Å². The molecule has 7 heteroatoms. The van der Waals surface area contributed by atoms with E-state index in [1.54, 1.807) is 18.2 Å². The number of halogens is 1. The predicted molar refractivity (Wildman–Crippen MR) is 89.1 cm³/mol. The quantitative estimate of drug-likeness (QED) is 0.843. The zero-order chi connectivity index (χ0) is 16.1. The lowest BCUT2D eigenvalue weighted by Gasteiger charge is -2.12. The number of carbonyl (C=O) groups is 1. The first-order valence-corrected chi connectivity index (χ1v) is 7.62. The molecule has 0 aliphatic rings. The smallest absolute Gasteiger partial charge is 0.248 e. The molecular formula is C15H15ClN2O3S. The molecule has 22 heavy (non-hydrogen) atoms. The summed E-state index contributed by atoms with van der Waals surface area (Å²) < 4.78 is 10.3. The van der Waals surface area contributed by atoms with Crippen LogP contribution in [0.25, 0.3) is 6.08 Å². The lowest BCUT2D eigenvalue weighted by molar-refractivity contribution is -0.111. The number of rotatable bonds is 5. The van der Waals surface area contributed by atoms with Crippen LogP contribution in [-0.4, -0.2) is 25.1 Å². The van der Waals surface area contributed by atoms with Crippen LogP contribution in [0, 0.1) is 6.92 Å². The van der Waals surface area contributed by atoms with E-state index in [2.05, 4.69) is 10.3 Å². The molecule has 116 valence electrons. The van der Waals surface area contributed by atoms with Crippen LogP contribution in [-0.2, 0) is 4.79 Å². The number of ether oxygens (including phenoxy) is 2. The van der Waals surface area contributed by atoms with E-state index >= 15 is 0 Å². The molecular weight excluding hydrogens is 324 g/mol. The maximum Gasteiger partial charge on any atom is 0.248 e. The number of thiazole rings is 1. The number of amides is 1. The molecule has 1 aromatic carbocycles. The first kappa shape index (κ1) is 16.3. The zero-order valence-electron chi connectivity index (χ0n) is 12.3. The van der Waals surface area contributed by atoms with E-state index in [4.69, 9.17) is 21.1 Å². The summed E-state index contributed by atoms with van der Waals surface area (Å²) in [5.41, 5.74) is 1.23. The number of aromatic nitrogens is 1. The normalized spacial score (nSPS) is 10.7. The van der Waals surface area contributed by atoms with Crippen LogP contribution in [0.15, 0.2) is 23.6 Å². The second-order valence-corrected chi connectivity index (χ2v) is 5.77. The van der Waals surface area contributed by atoms with E-state index in [1.165, 1.54) is 31.6 Å². The molecule has 1 aromatic heterocycles. The molecule has 0 saturated heterocycles. The SMILES string of the molecule is COc1cc(NC(=O)C=Cc2csc(C)n2)c(OC)cc1Cl. The van der Waals surface area contributed by atoms with Gasteiger partial charge in [-0.2, -0.15) is 0 Å². The van der Waals surface area contributed by atoms with Crippen molar-refractivity contribution < 1.29 is 14.3 Å². The van der Waals surface area contributed by atoms with Gasteiger partial charge < -0.3 is 14.8 Å². The third-order valence-corrected chi connectivity index (χ3v) is 3.86. The van der Waals surface area contributed by atoms with Crippen LogP contribution >= 0.6 is 22.9 Å². The first-order chi connectivity index (χ1) is 10.5. The average molecular weight is 339 g/mol. The van der Waals surface area contributed by atoms with Crippen LogP contribution < -0.4 is 14.8 Å². The molecule has 0 aliphatic carbocycles. The fourth-order valence-corrected chi connectivity index (χ4v) is 2.56. The molecule has 0 atom stereocenters. The fourth-order valence-electron chi connectivity index (χ4n) is 1.75. The van der Waals surface area contributed by atoms with Crippen molar-refractivity contribution >= 4 is 40.6 Å². The Kier molecular flexibility index (Phi) is 5.41. The van der Waals surface area contributed by atoms with Gasteiger partial charge in [-0.3, -0.25) is 4.79 Å². The van der Waals surface area contributed by atoms with E-state index < -0.39 is 0 Å². The van der Waals surface area contributed by atoms with E-state index in [1.807, 2.05) is 12.3 Å². The molecule has 1 N–H and O–H groups in total. The highest BCUT2D eigenvalue weighted by Crippen LogP contribution is 2.35. The summed E-state index contributed by atoms with van der Waals surface area (Å²) in [6.07, 6.45) is 3.06. The molecule has 1 heterocycles. The van der Waals surface area contributed by atoms with Crippen molar-refractivity contribution in [2.45, 2.75) is 6.92 Å². The molecule has 0 fully saturated rings. The molecule has 0 unspecified atom stereocenters. The highest BCUT2D eigenvalue weighted by Gasteiger charge is 2.11. The first-order valence-electron chi connectivity index (χ1n) is 6.36. The predicted octanol–water partition coefficient (Wildman–Crippen LogP) is 3.77. The monoisotopic (exact) mass is 338 g/mol. The van der Waals surface area contributed by atoms with Gasteiger partial charge in [0.25, 0.3) is 0 Å². The molecule has 0 spiro atoms. The molecule has 0 saturated carbocycles. The largest absolute Gasteiger partial charge is 0.495 e. The molecule has 0 bridgehead atoms. The van der Waals surface area contributed by atoms with Crippen molar-refractivity contribution in [3.63, 3.8) is 0 Å². The lowest BCUT2D eigenvalue weighted by Crippen LogP contribution is -2.09. The van der Waals surface area contributed by atoms with Gasteiger partial charge in [0, 0.05) is 23.6 Å². The summed E-state index contributed by atoms with van der Waals surface area (Å²) in [5, 5.41) is 5.96. The molecule has 2 rings (SSSR count). The van der Waals surface area contributed by atoms with Gasteiger partial charge in [0.1, 0.15) is 11.5 Å². The van der Waals surface area contributed by atoms with Crippen LogP contribution in [0.3, 0.4) is 0 Å². The van der Waals surface area contributed by atoms with Crippen LogP contribution in [0.4, 0.5) is 5.69 Å². The Balaban J connectivity index is 2.15. The van der Waals surface area contributed by atoms with Gasteiger partial charge in [0.2, 0.25) is 5.91 Å². The third kappa shape index (κ3) is 3.99. The van der Waals surface area contributed by atoms with E-state index in [9.17, 15) is 4.79 Å². The molecule has 5 nitrogen and oxygen atoms in total. The number of anilines is 1. The Morgan fingerprint density at radius 2 is 2.05 bits per heavy atom. The number of carbonyl (C=O) groups excluding carboxylic acids is 1. The van der Waals surface area contributed by atoms with Crippen molar-refractivity contribution in [2.24, 2.45) is 0 Å². The number of aryl methyl sites for hydroxylation is 1. The minimum Gasteiger partial charge on any atom is -0.495 e. The van der Waals surface area contributed by atoms with Crippen molar-refractivity contribution in [1.82, 2.24) is 4.98 Å². The van der Waals surface area contributed by atoms with Crippen molar-refractivity contribution in [1.29, 1.82) is 0 Å². The van der Waals surface area contributed by atoms with E-state index in [0.29, 0.717) is 22.2 Å². The number of benzene rings is 1. The van der Waals surface area contributed by atoms with E-state index in [-0.39, 0.29) is 5.91 Å². The molecule has 1 amide bonds. The highest BCUT2D eigenvalue weighted by molar-refractivity contribution is 7.09. The number of nitrogens with zero attached hydrogens (tertiary/aromatic N) is 1. The van der Waals surface area contributed by atoms with E-state index in [0.717, 1.165) is 10.7 Å². The summed E-state index contributed by atoms with van der Waals surface area (Å²) in [5.74, 6) is 0.613. The van der Waals surface area contributed by atoms with Gasteiger partial charge in [-0.25, -0.2) is 4.98 Å². The number of hydrogen-bond acceptors (Lipinski definition) is 5. The zero-order valence-corrected chi connectivity index (χ0v) is 13.9. The summed E-state index contributed by atoms with van der Waals surface area (Å²) >= 11 is 7.55. The lowest BCUT2D eigenvalue weighted by atomic mass is 10.2. The number of nitrogens with one attached hydrogen (secondary N) is 1. The number of methoxy groups -OCH3 is 2. The van der Waals surface area contributed by atoms with Crippen molar-refractivity contribution in [2.75, 3.05) is 19.5 Å².